The van der Waals surface area contributed by atoms with Gasteiger partial charge in [0.2, 0.25) is 5.91 Å². The molecule has 9 heteroatoms. The van der Waals surface area contributed by atoms with E-state index in [-0.39, 0.29) is 5.91 Å². The van der Waals surface area contributed by atoms with Crippen molar-refractivity contribution in [2.45, 2.75) is 40.5 Å². The topological polar surface area (TPSA) is 87.0 Å². The molecule has 0 bridgehead atoms. The van der Waals surface area contributed by atoms with Crippen LogP contribution in [0.1, 0.15) is 37.3 Å². The van der Waals surface area contributed by atoms with Gasteiger partial charge in [-0.2, -0.15) is 17.0 Å². The number of aromatic nitrogens is 1. The predicted molar refractivity (Wildman–Crippen MR) is 94.3 cm³/mol. The maximum atomic E-state index is 12.5. The van der Waals surface area contributed by atoms with Gasteiger partial charge < -0.3 is 9.42 Å². The normalized spacial score (nSPS) is 16.6. The Balaban J connectivity index is 1.88. The van der Waals surface area contributed by atoms with Crippen LogP contribution in [0.25, 0.3) is 0 Å². The molecule has 8 nitrogen and oxygen atoms in total. The van der Waals surface area contributed by atoms with Gasteiger partial charge >= 0.3 is 0 Å². The van der Waals surface area contributed by atoms with Gasteiger partial charge in [0.05, 0.1) is 5.69 Å². The van der Waals surface area contributed by atoms with E-state index in [0.717, 1.165) is 17.0 Å². The number of hydrogen-bond donors (Lipinski definition) is 0. The molecule has 2 heterocycles. The number of aryl methyl sites for hydroxylation is 2. The first-order valence-electron chi connectivity index (χ1n) is 8.76. The van der Waals surface area contributed by atoms with Crippen molar-refractivity contribution in [3.63, 3.8) is 0 Å². The highest BCUT2D eigenvalue weighted by atomic mass is 32.2. The largest absolute Gasteiger partial charge is 0.361 e. The zero-order valence-electron chi connectivity index (χ0n) is 15.5. The molecule has 0 radical (unpaired) electrons. The first kappa shape index (κ1) is 19.9. The van der Waals surface area contributed by atoms with Crippen molar-refractivity contribution in [2.75, 3.05) is 39.3 Å². The molecule has 1 amide bonds. The maximum absolute atomic E-state index is 12.5. The molecule has 2 rings (SSSR count). The summed E-state index contributed by atoms with van der Waals surface area (Å²) < 4.78 is 33.1. The number of piperazine rings is 1. The average Bonchev–Trinajstić information content (AvgIpc) is 2.92. The second-order valence-electron chi connectivity index (χ2n) is 6.17. The SMILES string of the molecule is CCN(CC)S(=O)(=O)N1CCN(C(=O)CCc2c(C)noc2C)CC1. The quantitative estimate of drug-likeness (QED) is 0.711. The summed E-state index contributed by atoms with van der Waals surface area (Å²) in [5.74, 6) is 0.792. The van der Waals surface area contributed by atoms with Crippen molar-refractivity contribution in [1.82, 2.24) is 18.7 Å². The van der Waals surface area contributed by atoms with Gasteiger partial charge in [-0.05, 0) is 20.3 Å². The Kier molecular flexibility index (Phi) is 6.59. The highest BCUT2D eigenvalue weighted by molar-refractivity contribution is 7.86. The summed E-state index contributed by atoms with van der Waals surface area (Å²) in [6.07, 6.45) is 0.976. The van der Waals surface area contributed by atoms with Gasteiger partial charge in [0.15, 0.2) is 0 Å². The average molecular weight is 372 g/mol. The molecule has 0 saturated carbocycles. The molecular formula is C16H28N4O4S. The summed E-state index contributed by atoms with van der Waals surface area (Å²) in [6.45, 7) is 9.83. The number of amides is 1. The molecule has 0 aliphatic carbocycles. The van der Waals surface area contributed by atoms with Crippen molar-refractivity contribution in [2.24, 2.45) is 0 Å². The van der Waals surface area contributed by atoms with Crippen molar-refractivity contribution < 1.29 is 17.7 Å². The summed E-state index contributed by atoms with van der Waals surface area (Å²) in [5, 5.41) is 3.90. The fourth-order valence-corrected chi connectivity index (χ4v) is 4.73. The van der Waals surface area contributed by atoms with Crippen LogP contribution in [0, 0.1) is 13.8 Å². The molecular weight excluding hydrogens is 344 g/mol. The molecule has 1 aliphatic heterocycles. The Bertz CT molecular complexity index is 669. The summed E-state index contributed by atoms with van der Waals surface area (Å²) in [7, 11) is -3.42. The molecule has 1 aromatic heterocycles. The Morgan fingerprint density at radius 1 is 1.16 bits per heavy atom. The van der Waals surface area contributed by atoms with Crippen LogP contribution < -0.4 is 0 Å². The number of rotatable bonds is 7. The minimum Gasteiger partial charge on any atom is -0.361 e. The van der Waals surface area contributed by atoms with E-state index in [4.69, 9.17) is 4.52 Å². The first-order valence-corrected chi connectivity index (χ1v) is 10.2. The zero-order valence-corrected chi connectivity index (χ0v) is 16.3. The van der Waals surface area contributed by atoms with E-state index >= 15 is 0 Å². The van der Waals surface area contributed by atoms with Gasteiger partial charge in [-0.1, -0.05) is 19.0 Å². The molecule has 0 unspecified atom stereocenters. The van der Waals surface area contributed by atoms with Crippen molar-refractivity contribution >= 4 is 16.1 Å². The van der Waals surface area contributed by atoms with Crippen LogP contribution in [0.15, 0.2) is 4.52 Å². The Morgan fingerprint density at radius 2 is 1.76 bits per heavy atom. The van der Waals surface area contributed by atoms with E-state index in [0.29, 0.717) is 52.1 Å². The van der Waals surface area contributed by atoms with E-state index in [1.54, 1.807) is 4.90 Å². The molecule has 0 N–H and O–H groups in total. The van der Waals surface area contributed by atoms with Crippen LogP contribution >= 0.6 is 0 Å². The molecule has 0 aromatic carbocycles. The van der Waals surface area contributed by atoms with Crippen molar-refractivity contribution in [3.8, 4) is 0 Å². The molecule has 0 atom stereocenters. The smallest absolute Gasteiger partial charge is 0.282 e. The van der Waals surface area contributed by atoms with Gasteiger partial charge in [-0.3, -0.25) is 4.79 Å². The van der Waals surface area contributed by atoms with Gasteiger partial charge in [-0.15, -0.1) is 0 Å². The summed E-state index contributed by atoms with van der Waals surface area (Å²) in [5.41, 5.74) is 1.80. The second kappa shape index (κ2) is 8.29. The van der Waals surface area contributed by atoms with Crippen LogP contribution in [0.4, 0.5) is 0 Å². The lowest BCUT2D eigenvalue weighted by atomic mass is 10.1. The Labute approximate surface area is 149 Å². The Morgan fingerprint density at radius 3 is 2.24 bits per heavy atom. The summed E-state index contributed by atoms with van der Waals surface area (Å²) >= 11 is 0. The number of hydrogen-bond acceptors (Lipinski definition) is 5. The molecule has 142 valence electrons. The monoisotopic (exact) mass is 372 g/mol. The fraction of sp³-hybridized carbons (Fsp3) is 0.750. The number of carbonyl (C=O) groups excluding carboxylic acids is 1. The van der Waals surface area contributed by atoms with E-state index in [2.05, 4.69) is 5.16 Å². The zero-order chi connectivity index (χ0) is 18.6. The van der Waals surface area contributed by atoms with E-state index < -0.39 is 10.2 Å². The molecule has 1 saturated heterocycles. The van der Waals surface area contributed by atoms with Gasteiger partial charge in [0.25, 0.3) is 10.2 Å². The van der Waals surface area contributed by atoms with Gasteiger partial charge in [-0.25, -0.2) is 0 Å². The molecule has 0 spiro atoms. The lowest BCUT2D eigenvalue weighted by Gasteiger charge is -2.36. The van der Waals surface area contributed by atoms with Crippen molar-refractivity contribution in [1.29, 1.82) is 0 Å². The summed E-state index contributed by atoms with van der Waals surface area (Å²) in [6, 6.07) is 0. The lowest BCUT2D eigenvalue weighted by molar-refractivity contribution is -0.132. The van der Waals surface area contributed by atoms with Gasteiger partial charge in [0.1, 0.15) is 5.76 Å². The minimum absolute atomic E-state index is 0.0416. The van der Waals surface area contributed by atoms with E-state index in [1.165, 1.54) is 8.61 Å². The minimum atomic E-state index is -3.42. The fourth-order valence-electron chi connectivity index (χ4n) is 3.13. The van der Waals surface area contributed by atoms with E-state index in [9.17, 15) is 13.2 Å². The Hall–Kier alpha value is -1.45. The third kappa shape index (κ3) is 4.39. The van der Waals surface area contributed by atoms with Crippen LogP contribution in [-0.2, 0) is 21.4 Å². The third-order valence-corrected chi connectivity index (χ3v) is 6.91. The van der Waals surface area contributed by atoms with Crippen LogP contribution in [0.3, 0.4) is 0 Å². The standard InChI is InChI=1S/C16H28N4O4S/c1-5-19(6-2)25(22,23)20-11-9-18(10-12-20)16(21)8-7-15-13(3)17-24-14(15)4/h5-12H2,1-4H3. The third-order valence-electron chi connectivity index (χ3n) is 4.72. The maximum Gasteiger partial charge on any atom is 0.282 e. The van der Waals surface area contributed by atoms with Crippen LogP contribution in [-0.4, -0.2) is 72.3 Å². The molecule has 1 fully saturated rings. The molecule has 25 heavy (non-hydrogen) atoms. The molecule has 1 aromatic rings. The van der Waals surface area contributed by atoms with Crippen molar-refractivity contribution in [3.05, 3.63) is 17.0 Å². The highest BCUT2D eigenvalue weighted by Crippen LogP contribution is 2.16. The highest BCUT2D eigenvalue weighted by Gasteiger charge is 2.32. The van der Waals surface area contributed by atoms with Crippen LogP contribution in [0.5, 0.6) is 0 Å². The van der Waals surface area contributed by atoms with Crippen LogP contribution in [0.2, 0.25) is 0 Å². The summed E-state index contributed by atoms with van der Waals surface area (Å²) in [4.78, 5) is 14.2. The first-order chi connectivity index (χ1) is 11.8. The number of nitrogens with zero attached hydrogens (tertiary/aromatic N) is 4. The van der Waals surface area contributed by atoms with E-state index in [1.807, 2.05) is 27.7 Å². The second-order valence-corrected chi connectivity index (χ2v) is 8.10. The lowest BCUT2D eigenvalue weighted by Crippen LogP contribution is -2.54. The van der Waals surface area contributed by atoms with Gasteiger partial charge in [0, 0.05) is 51.3 Å². The predicted octanol–water partition coefficient (Wildman–Crippen LogP) is 0.955. The molecule has 1 aliphatic rings. The number of carbonyl (C=O) groups is 1.